The van der Waals surface area contributed by atoms with Crippen LogP contribution in [0.4, 0.5) is 5.69 Å². The first kappa shape index (κ1) is 19.7. The van der Waals surface area contributed by atoms with Crippen LogP contribution in [0.15, 0.2) is 60.7 Å². The number of aromatic nitrogens is 2. The Hall–Kier alpha value is -2.57. The number of hydrazine groups is 1. The summed E-state index contributed by atoms with van der Waals surface area (Å²) in [5, 5.41) is 3.81. The lowest BCUT2D eigenvalue weighted by Crippen LogP contribution is -2.19. The van der Waals surface area contributed by atoms with Gasteiger partial charge in [0, 0.05) is 27.7 Å². The van der Waals surface area contributed by atoms with E-state index in [2.05, 4.69) is 20.6 Å². The lowest BCUT2D eigenvalue weighted by molar-refractivity contribution is 0.399. The van der Waals surface area contributed by atoms with Crippen molar-refractivity contribution in [1.82, 2.24) is 15.2 Å². The largest absolute Gasteiger partial charge is 0.481 e. The Kier molecular flexibility index (Phi) is 5.48. The molecule has 2 N–H and O–H groups in total. The Morgan fingerprint density at radius 2 is 1.79 bits per heavy atom. The minimum absolute atomic E-state index is 0.371. The lowest BCUT2D eigenvalue weighted by atomic mass is 10.1. The van der Waals surface area contributed by atoms with Gasteiger partial charge >= 0.3 is 6.87 Å². The highest BCUT2D eigenvalue weighted by molar-refractivity contribution is 7.84. The first-order valence-electron chi connectivity index (χ1n) is 8.47. The number of fused-ring (bicyclic) bond motifs is 2. The zero-order valence-corrected chi connectivity index (χ0v) is 17.5. The molecule has 0 aliphatic carbocycles. The van der Waals surface area contributed by atoms with Gasteiger partial charge in [0.2, 0.25) is 5.88 Å². The van der Waals surface area contributed by atoms with Crippen LogP contribution in [0.1, 0.15) is 0 Å². The zero-order valence-electron chi connectivity index (χ0n) is 15.1. The molecule has 148 valence electrons. The number of pyridine rings is 2. The van der Waals surface area contributed by atoms with Crippen molar-refractivity contribution >= 4 is 57.3 Å². The van der Waals surface area contributed by atoms with Crippen LogP contribution in [0.2, 0.25) is 5.02 Å². The fourth-order valence-electron chi connectivity index (χ4n) is 2.78. The van der Waals surface area contributed by atoms with Crippen LogP contribution in [0.3, 0.4) is 0 Å². The number of ether oxygens (including phenoxy) is 1. The second kappa shape index (κ2) is 8.05. The molecule has 0 amide bonds. The van der Waals surface area contributed by atoms with Crippen LogP contribution < -0.4 is 19.9 Å². The monoisotopic (exact) mass is 448 g/mol. The predicted molar refractivity (Wildman–Crippen MR) is 116 cm³/mol. The van der Waals surface area contributed by atoms with Crippen LogP contribution in [0, 0.1) is 0 Å². The summed E-state index contributed by atoms with van der Waals surface area (Å²) < 4.78 is 23.3. The number of nitrogens with zero attached hydrogens (tertiary/aromatic N) is 2. The molecule has 0 spiro atoms. The number of benzene rings is 2. The van der Waals surface area contributed by atoms with Gasteiger partial charge in [0.25, 0.3) is 0 Å². The molecule has 29 heavy (non-hydrogen) atoms. The van der Waals surface area contributed by atoms with Gasteiger partial charge in [0.05, 0.1) is 23.8 Å². The summed E-state index contributed by atoms with van der Waals surface area (Å²) in [7, 11) is 1.52. The summed E-state index contributed by atoms with van der Waals surface area (Å²) in [6.45, 7) is -3.76. The topological polar surface area (TPSA) is 85.4 Å². The van der Waals surface area contributed by atoms with E-state index in [0.29, 0.717) is 44.3 Å². The van der Waals surface area contributed by atoms with Crippen molar-refractivity contribution in [3.05, 3.63) is 65.7 Å². The summed E-state index contributed by atoms with van der Waals surface area (Å²) in [6.07, 6.45) is 0. The number of hydrogen-bond acceptors (Lipinski definition) is 6. The number of anilines is 1. The minimum Gasteiger partial charge on any atom is -0.481 e. The normalized spacial score (nSPS) is 13.2. The highest BCUT2D eigenvalue weighted by Crippen LogP contribution is 2.48. The van der Waals surface area contributed by atoms with Gasteiger partial charge in [-0.05, 0) is 36.4 Å². The molecule has 4 rings (SSSR count). The molecule has 0 bridgehead atoms. The van der Waals surface area contributed by atoms with Crippen molar-refractivity contribution in [2.45, 2.75) is 0 Å². The third-order valence-electron chi connectivity index (χ3n) is 4.04. The van der Waals surface area contributed by atoms with Crippen molar-refractivity contribution in [1.29, 1.82) is 0 Å². The Balaban J connectivity index is 1.75. The van der Waals surface area contributed by atoms with E-state index >= 15 is 0 Å². The maximum absolute atomic E-state index is 12.7. The lowest BCUT2D eigenvalue weighted by Gasteiger charge is -2.17. The fourth-order valence-corrected chi connectivity index (χ4v) is 3.99. The third kappa shape index (κ3) is 4.38. The second-order valence-corrected chi connectivity index (χ2v) is 9.13. The maximum atomic E-state index is 12.7. The zero-order chi connectivity index (χ0) is 20.4. The quantitative estimate of drug-likeness (QED) is 0.219. The SMILES string of the molecule is COc1ccc2nc3cc(Cl)ccc3c(NNP(=O)(Cl)Oc3ccccc3)c2n1. The van der Waals surface area contributed by atoms with Gasteiger partial charge in [0.1, 0.15) is 11.3 Å². The van der Waals surface area contributed by atoms with Crippen molar-refractivity contribution in [2.75, 3.05) is 12.5 Å². The van der Waals surface area contributed by atoms with Gasteiger partial charge in [0.15, 0.2) is 0 Å². The predicted octanol–water partition coefficient (Wildman–Crippen LogP) is 5.79. The molecule has 0 aliphatic rings. The molecule has 2 aromatic carbocycles. The van der Waals surface area contributed by atoms with E-state index < -0.39 is 6.87 Å². The molecule has 0 saturated carbocycles. The molecule has 0 radical (unpaired) electrons. The molecule has 2 heterocycles. The molecule has 7 nitrogen and oxygen atoms in total. The summed E-state index contributed by atoms with van der Waals surface area (Å²) >= 11 is 12.2. The van der Waals surface area contributed by atoms with E-state index in [-0.39, 0.29) is 0 Å². The Bertz CT molecular complexity index is 1240. The highest BCUT2D eigenvalue weighted by atomic mass is 35.7. The van der Waals surface area contributed by atoms with E-state index in [4.69, 9.17) is 32.1 Å². The van der Waals surface area contributed by atoms with Crippen molar-refractivity contribution < 1.29 is 13.8 Å². The molecule has 0 aliphatic heterocycles. The Morgan fingerprint density at radius 3 is 2.55 bits per heavy atom. The van der Waals surface area contributed by atoms with Crippen LogP contribution in [-0.4, -0.2) is 17.1 Å². The second-order valence-electron chi connectivity index (χ2n) is 5.99. The average Bonchev–Trinajstić information content (AvgIpc) is 2.71. The number of methoxy groups -OCH3 is 1. The van der Waals surface area contributed by atoms with Crippen molar-refractivity contribution in [3.8, 4) is 11.6 Å². The van der Waals surface area contributed by atoms with E-state index in [1.54, 1.807) is 54.6 Å². The van der Waals surface area contributed by atoms with E-state index in [9.17, 15) is 4.57 Å². The Morgan fingerprint density at radius 1 is 1.00 bits per heavy atom. The fraction of sp³-hybridized carbons (Fsp3) is 0.0526. The molecule has 0 saturated heterocycles. The maximum Gasteiger partial charge on any atom is 0.426 e. The molecule has 2 aromatic heterocycles. The van der Waals surface area contributed by atoms with E-state index in [1.165, 1.54) is 7.11 Å². The van der Waals surface area contributed by atoms with Gasteiger partial charge in [-0.15, -0.1) is 5.20 Å². The van der Waals surface area contributed by atoms with Gasteiger partial charge < -0.3 is 14.7 Å². The number of hydrogen-bond donors (Lipinski definition) is 2. The first-order valence-corrected chi connectivity index (χ1v) is 11.4. The summed E-state index contributed by atoms with van der Waals surface area (Å²) in [5.74, 6) is 0.779. The third-order valence-corrected chi connectivity index (χ3v) is 5.57. The standard InChI is InChI=1S/C19H15Cl2N4O3P/c1-27-17-10-9-15-19(23-17)18(14-8-7-12(20)11-16(14)22-15)24-25-29(21,26)28-13-5-3-2-4-6-13/h2-11H,1H3,(H,22,24)(H,25,26). The number of para-hydroxylation sites is 1. The van der Waals surface area contributed by atoms with E-state index in [1.807, 2.05) is 6.07 Å². The molecule has 10 heteroatoms. The molecular formula is C19H15Cl2N4O3P. The first-order chi connectivity index (χ1) is 13.9. The Labute approximate surface area is 176 Å². The van der Waals surface area contributed by atoms with E-state index in [0.717, 1.165) is 0 Å². The van der Waals surface area contributed by atoms with Gasteiger partial charge in [-0.2, -0.15) is 0 Å². The molecule has 0 fully saturated rings. The number of rotatable bonds is 6. The highest BCUT2D eigenvalue weighted by Gasteiger charge is 2.22. The average molecular weight is 449 g/mol. The molecule has 4 aromatic rings. The van der Waals surface area contributed by atoms with Crippen LogP contribution in [0.25, 0.3) is 21.9 Å². The molecule has 1 unspecified atom stereocenters. The molecule has 1 atom stereocenters. The van der Waals surface area contributed by atoms with Crippen LogP contribution in [-0.2, 0) is 4.57 Å². The van der Waals surface area contributed by atoms with Crippen molar-refractivity contribution in [2.24, 2.45) is 0 Å². The van der Waals surface area contributed by atoms with Crippen LogP contribution >= 0.6 is 29.7 Å². The summed E-state index contributed by atoms with van der Waals surface area (Å²) in [5.41, 5.74) is 5.14. The van der Waals surface area contributed by atoms with Crippen molar-refractivity contribution in [3.63, 3.8) is 0 Å². The minimum atomic E-state index is -3.76. The van der Waals surface area contributed by atoms with Crippen LogP contribution in [0.5, 0.6) is 11.6 Å². The smallest absolute Gasteiger partial charge is 0.426 e. The van der Waals surface area contributed by atoms with Gasteiger partial charge in [-0.3, -0.25) is 0 Å². The van der Waals surface area contributed by atoms with Gasteiger partial charge in [-0.25, -0.2) is 14.5 Å². The number of halogens is 2. The number of nitrogens with one attached hydrogen (secondary N) is 2. The molecular weight excluding hydrogens is 434 g/mol. The van der Waals surface area contributed by atoms with Gasteiger partial charge in [-0.1, -0.05) is 29.8 Å². The summed E-state index contributed by atoms with van der Waals surface area (Å²) in [4.78, 5) is 9.04. The summed E-state index contributed by atoms with van der Waals surface area (Å²) in [6, 6.07) is 17.3.